The van der Waals surface area contributed by atoms with Gasteiger partial charge in [-0.25, -0.2) is 14.2 Å². The zero-order chi connectivity index (χ0) is 18.5. The van der Waals surface area contributed by atoms with Crippen molar-refractivity contribution in [2.45, 2.75) is 0 Å². The van der Waals surface area contributed by atoms with Crippen LogP contribution in [-0.2, 0) is 0 Å². The summed E-state index contributed by atoms with van der Waals surface area (Å²) in [6.07, 6.45) is 3.30. The molecular weight excluding hydrogens is 362 g/mol. The first kappa shape index (κ1) is 15.8. The van der Waals surface area contributed by atoms with Gasteiger partial charge in [-0.3, -0.25) is 0 Å². The lowest BCUT2D eigenvalue weighted by molar-refractivity contribution is -0.575. The smallest absolute Gasteiger partial charge is 0.349 e. The molecule has 5 rings (SSSR count). The van der Waals surface area contributed by atoms with E-state index >= 15 is 0 Å². The summed E-state index contributed by atoms with van der Waals surface area (Å²) in [5.74, 6) is -0.350. The maximum Gasteiger partial charge on any atom is 0.349 e. The number of nitrogens with zero attached hydrogens (tertiary/aromatic N) is 3. The van der Waals surface area contributed by atoms with Gasteiger partial charge in [0.25, 0.3) is 0 Å². The summed E-state index contributed by atoms with van der Waals surface area (Å²) in [6.45, 7) is 0. The van der Waals surface area contributed by atoms with Gasteiger partial charge >= 0.3 is 11.2 Å². The van der Waals surface area contributed by atoms with E-state index in [9.17, 15) is 9.90 Å². The highest BCUT2D eigenvalue weighted by Gasteiger charge is 2.25. The van der Waals surface area contributed by atoms with Gasteiger partial charge in [-0.05, 0) is 29.8 Å². The monoisotopic (exact) mass is 373 g/mol. The van der Waals surface area contributed by atoms with Gasteiger partial charge in [-0.15, -0.1) is 0 Å². The fourth-order valence-corrected chi connectivity index (χ4v) is 3.59. The van der Waals surface area contributed by atoms with Crippen molar-refractivity contribution >= 4 is 22.6 Å². The maximum absolute atomic E-state index is 13.4. The van der Waals surface area contributed by atoms with Crippen LogP contribution in [0.5, 0.6) is 5.88 Å². The minimum Gasteiger partial charge on any atom is -0.841 e. The molecular formula is C21H12ClN3O2. The molecule has 0 aliphatic heterocycles. The molecule has 0 saturated carbocycles. The van der Waals surface area contributed by atoms with E-state index in [-0.39, 0.29) is 17.0 Å². The lowest BCUT2D eigenvalue weighted by Gasteiger charge is -2.13. The second kappa shape index (κ2) is 5.79. The SMILES string of the molecule is O=c1c(-c2ccccc2)c([O-])[n+]2c(-c3ccc(Cl)nc3)cc3cccn1c32. The number of pyridine rings is 2. The van der Waals surface area contributed by atoms with Crippen LogP contribution in [0.15, 0.2) is 77.9 Å². The summed E-state index contributed by atoms with van der Waals surface area (Å²) in [5.41, 5.74) is 2.37. The van der Waals surface area contributed by atoms with Crippen molar-refractivity contribution in [3.8, 4) is 28.3 Å². The van der Waals surface area contributed by atoms with Crippen LogP contribution >= 0.6 is 11.6 Å². The summed E-state index contributed by atoms with van der Waals surface area (Å²) in [5, 5.41) is 14.6. The maximum atomic E-state index is 13.4. The van der Waals surface area contributed by atoms with Gasteiger partial charge in [-0.2, -0.15) is 4.40 Å². The molecule has 4 aromatic heterocycles. The third-order valence-electron chi connectivity index (χ3n) is 4.68. The average Bonchev–Trinajstić information content (AvgIpc) is 3.08. The summed E-state index contributed by atoms with van der Waals surface area (Å²) < 4.78 is 3.09. The largest absolute Gasteiger partial charge is 0.841 e. The van der Waals surface area contributed by atoms with Gasteiger partial charge in [0.2, 0.25) is 0 Å². The molecule has 1 aromatic carbocycles. The van der Waals surface area contributed by atoms with Crippen LogP contribution in [0.1, 0.15) is 0 Å². The van der Waals surface area contributed by atoms with Gasteiger partial charge in [0, 0.05) is 17.8 Å². The van der Waals surface area contributed by atoms with Crippen LogP contribution in [-0.4, -0.2) is 9.38 Å². The third kappa shape index (κ3) is 2.29. The molecule has 27 heavy (non-hydrogen) atoms. The molecule has 0 spiro atoms. The second-order valence-electron chi connectivity index (χ2n) is 6.24. The highest BCUT2D eigenvalue weighted by atomic mass is 35.5. The van der Waals surface area contributed by atoms with Crippen LogP contribution in [0.3, 0.4) is 0 Å². The van der Waals surface area contributed by atoms with Gasteiger partial charge in [0.1, 0.15) is 16.4 Å². The first-order valence-electron chi connectivity index (χ1n) is 8.35. The average molecular weight is 374 g/mol. The van der Waals surface area contributed by atoms with Gasteiger partial charge < -0.3 is 5.11 Å². The summed E-state index contributed by atoms with van der Waals surface area (Å²) in [6, 6.07) is 18.0. The highest BCUT2D eigenvalue weighted by molar-refractivity contribution is 6.29. The molecule has 5 aromatic rings. The Balaban J connectivity index is 1.96. The van der Waals surface area contributed by atoms with Crippen molar-refractivity contribution in [3.05, 3.63) is 88.6 Å². The second-order valence-corrected chi connectivity index (χ2v) is 6.63. The first-order valence-corrected chi connectivity index (χ1v) is 8.73. The summed E-state index contributed by atoms with van der Waals surface area (Å²) in [7, 11) is 0. The minimum atomic E-state index is -0.350. The topological polar surface area (TPSA) is 61.5 Å². The Morgan fingerprint density at radius 2 is 1.81 bits per heavy atom. The molecule has 0 fully saturated rings. The predicted molar refractivity (Wildman–Crippen MR) is 101 cm³/mol. The van der Waals surface area contributed by atoms with E-state index in [1.165, 1.54) is 4.40 Å². The molecule has 5 nitrogen and oxygen atoms in total. The molecule has 0 atom stereocenters. The molecule has 0 N–H and O–H groups in total. The lowest BCUT2D eigenvalue weighted by atomic mass is 10.1. The number of benzene rings is 1. The normalized spacial score (nSPS) is 11.4. The molecule has 6 heteroatoms. The molecule has 130 valence electrons. The molecule has 0 radical (unpaired) electrons. The van der Waals surface area contributed by atoms with E-state index in [0.717, 1.165) is 10.9 Å². The highest BCUT2D eigenvalue weighted by Crippen LogP contribution is 2.28. The van der Waals surface area contributed by atoms with Gasteiger partial charge in [0.05, 0.1) is 17.5 Å². The fourth-order valence-electron chi connectivity index (χ4n) is 3.48. The lowest BCUT2D eigenvalue weighted by Crippen LogP contribution is -2.36. The van der Waals surface area contributed by atoms with E-state index in [2.05, 4.69) is 4.98 Å². The van der Waals surface area contributed by atoms with Crippen molar-refractivity contribution in [1.82, 2.24) is 9.38 Å². The van der Waals surface area contributed by atoms with E-state index < -0.39 is 0 Å². The van der Waals surface area contributed by atoms with Crippen molar-refractivity contribution in [2.75, 3.05) is 0 Å². The summed E-state index contributed by atoms with van der Waals surface area (Å²) >= 11 is 5.90. The van der Waals surface area contributed by atoms with Gasteiger partial charge in [0.15, 0.2) is 0 Å². The van der Waals surface area contributed by atoms with E-state index in [1.54, 1.807) is 41.1 Å². The standard InChI is InChI=1S/C21H12ClN3O2/c22-17-9-8-15(12-23-17)16-11-14-7-4-10-24-19(14)25(16)21(27)18(20(24)26)13-5-2-1-3-6-13/h1-12H. The molecule has 4 heterocycles. The zero-order valence-electron chi connectivity index (χ0n) is 14.0. The summed E-state index contributed by atoms with van der Waals surface area (Å²) in [4.78, 5) is 17.2. The molecule has 0 unspecified atom stereocenters. The zero-order valence-corrected chi connectivity index (χ0v) is 14.7. The van der Waals surface area contributed by atoms with Crippen molar-refractivity contribution < 1.29 is 9.51 Å². The van der Waals surface area contributed by atoms with Crippen LogP contribution in [0.2, 0.25) is 5.15 Å². The van der Waals surface area contributed by atoms with Crippen molar-refractivity contribution in [3.63, 3.8) is 0 Å². The Kier molecular flexibility index (Phi) is 3.39. The molecule has 0 amide bonds. The Bertz CT molecular complexity index is 1350. The van der Waals surface area contributed by atoms with Crippen LogP contribution in [0.25, 0.3) is 33.4 Å². The van der Waals surface area contributed by atoms with E-state index in [0.29, 0.717) is 22.1 Å². The predicted octanol–water partition coefficient (Wildman–Crippen LogP) is 2.93. The number of halogens is 1. The molecule has 0 aliphatic rings. The molecule has 0 aliphatic carbocycles. The van der Waals surface area contributed by atoms with Crippen LogP contribution in [0, 0.1) is 0 Å². The molecule has 0 saturated heterocycles. The van der Waals surface area contributed by atoms with E-state index in [4.69, 9.17) is 11.6 Å². The quantitative estimate of drug-likeness (QED) is 0.353. The number of aromatic nitrogens is 3. The molecule has 0 bridgehead atoms. The third-order valence-corrected chi connectivity index (χ3v) is 4.90. The van der Waals surface area contributed by atoms with Crippen molar-refractivity contribution in [1.29, 1.82) is 0 Å². The Labute approximate surface area is 158 Å². The van der Waals surface area contributed by atoms with Crippen LogP contribution in [0.4, 0.5) is 0 Å². The van der Waals surface area contributed by atoms with Crippen molar-refractivity contribution in [2.24, 2.45) is 0 Å². The first-order chi connectivity index (χ1) is 13.1. The Hall–Kier alpha value is -3.44. The van der Waals surface area contributed by atoms with Gasteiger partial charge in [-0.1, -0.05) is 41.9 Å². The minimum absolute atomic E-state index is 0.139. The number of hydrogen-bond donors (Lipinski definition) is 0. The van der Waals surface area contributed by atoms with E-state index in [1.807, 2.05) is 36.4 Å². The Morgan fingerprint density at radius 1 is 1.00 bits per heavy atom. The number of hydrogen-bond acceptors (Lipinski definition) is 3. The fraction of sp³-hybridized carbons (Fsp3) is 0. The number of rotatable bonds is 2. The van der Waals surface area contributed by atoms with Crippen LogP contribution < -0.4 is 15.1 Å². The Morgan fingerprint density at radius 3 is 2.56 bits per heavy atom.